The van der Waals surface area contributed by atoms with Crippen molar-refractivity contribution < 1.29 is 60.1 Å². The van der Waals surface area contributed by atoms with Gasteiger partial charge in [0.2, 0.25) is 11.8 Å². The first-order valence-corrected chi connectivity index (χ1v) is 26.0. The number of ether oxygens (including phenoxy) is 2. The van der Waals surface area contributed by atoms with E-state index in [0.717, 1.165) is 17.6 Å². The molecule has 0 radical (unpaired) electrons. The highest BCUT2D eigenvalue weighted by molar-refractivity contribution is 8.00. The molecular formula is C44H49N7O14S3. The number of anilines is 1. The van der Waals surface area contributed by atoms with Crippen LogP contribution in [0.25, 0.3) is 33.4 Å². The summed E-state index contributed by atoms with van der Waals surface area (Å²) >= 11 is 1.77. The molecule has 3 aromatic rings. The number of phenols is 1. The number of aromatic carboxylic acids is 1. The predicted molar refractivity (Wildman–Crippen MR) is 251 cm³/mol. The van der Waals surface area contributed by atoms with Crippen molar-refractivity contribution in [2.45, 2.75) is 56.1 Å². The zero-order chi connectivity index (χ0) is 48.6. The average Bonchev–Trinajstić information content (AvgIpc) is 4.01. The molecule has 1 aliphatic carbocycles. The summed E-state index contributed by atoms with van der Waals surface area (Å²) in [6.07, 6.45) is 3.54. The van der Waals surface area contributed by atoms with Crippen molar-refractivity contribution in [3.05, 3.63) is 94.3 Å². The summed E-state index contributed by atoms with van der Waals surface area (Å²) in [7, 11) is -7.28. The summed E-state index contributed by atoms with van der Waals surface area (Å²) in [5.74, 6) is -2.66. The molecule has 3 atom stereocenters. The van der Waals surface area contributed by atoms with E-state index >= 15 is 0 Å². The van der Waals surface area contributed by atoms with E-state index in [9.17, 15) is 51.0 Å². The molecule has 21 nitrogen and oxygen atoms in total. The lowest BCUT2D eigenvalue weighted by Gasteiger charge is -2.22. The third-order valence-corrected chi connectivity index (χ3v) is 15.3. The number of sulfone groups is 2. The number of carbonyl (C=O) groups excluding carboxylic acids is 3. The lowest BCUT2D eigenvalue weighted by Crippen LogP contribution is -2.37. The van der Waals surface area contributed by atoms with Gasteiger partial charge in [0.05, 0.1) is 61.7 Å². The van der Waals surface area contributed by atoms with E-state index in [2.05, 4.69) is 32.8 Å². The quantitative estimate of drug-likeness (QED) is 0.0337. The molecular weight excluding hydrogens is 947 g/mol. The number of hydrogen-bond acceptors (Lipinski definition) is 16. The molecule has 2 fully saturated rings. The highest BCUT2D eigenvalue weighted by Crippen LogP contribution is 2.42. The molecule has 0 spiro atoms. The van der Waals surface area contributed by atoms with Gasteiger partial charge in [-0.2, -0.15) is 11.8 Å². The molecule has 4 heterocycles. The second-order valence-corrected chi connectivity index (χ2v) is 21.6. The molecule has 0 bridgehead atoms. The van der Waals surface area contributed by atoms with Crippen LogP contribution in [0.1, 0.15) is 41.7 Å². The first kappa shape index (κ1) is 49.6. The Morgan fingerprint density at radius 2 is 1.78 bits per heavy atom. The summed E-state index contributed by atoms with van der Waals surface area (Å²) < 4.78 is 66.4. The molecule has 362 valence electrons. The maximum atomic E-state index is 13.7. The van der Waals surface area contributed by atoms with Gasteiger partial charge in [0.15, 0.2) is 31.0 Å². The first-order valence-electron chi connectivity index (χ1n) is 21.4. The van der Waals surface area contributed by atoms with Crippen molar-refractivity contribution in [1.82, 2.24) is 30.5 Å². The van der Waals surface area contributed by atoms with Crippen molar-refractivity contribution >= 4 is 71.9 Å². The van der Waals surface area contributed by atoms with E-state index in [4.69, 9.17) is 13.9 Å². The van der Waals surface area contributed by atoms with Crippen LogP contribution in [0.5, 0.6) is 5.75 Å². The van der Waals surface area contributed by atoms with Crippen molar-refractivity contribution in [2.75, 3.05) is 54.9 Å². The molecule has 1 aromatic heterocycles. The summed E-state index contributed by atoms with van der Waals surface area (Å²) in [4.78, 5) is 65.0. The number of unbranched alkanes of at least 4 members (excludes halogenated alkanes) is 1. The van der Waals surface area contributed by atoms with Gasteiger partial charge in [0.25, 0.3) is 0 Å². The van der Waals surface area contributed by atoms with Gasteiger partial charge in [0, 0.05) is 63.7 Å². The Morgan fingerprint density at radius 3 is 2.57 bits per heavy atom. The number of urea groups is 1. The minimum absolute atomic E-state index is 0.0226. The molecule has 5 N–H and O–H groups in total. The van der Waals surface area contributed by atoms with Crippen LogP contribution in [0, 0.1) is 0 Å². The number of phenolic OH excluding ortho intramolecular Hbond substituents is 1. The van der Waals surface area contributed by atoms with Gasteiger partial charge in [-0.3, -0.25) is 14.4 Å². The lowest BCUT2D eigenvalue weighted by molar-refractivity contribution is -0.131. The van der Waals surface area contributed by atoms with E-state index < -0.39 is 43.2 Å². The van der Waals surface area contributed by atoms with Crippen LogP contribution in [0.2, 0.25) is 0 Å². The molecule has 7 rings (SSSR count). The van der Waals surface area contributed by atoms with Gasteiger partial charge in [0.1, 0.15) is 29.3 Å². The van der Waals surface area contributed by atoms with E-state index in [1.165, 1.54) is 64.3 Å². The minimum Gasteiger partial charge on any atom is -0.508 e. The van der Waals surface area contributed by atoms with Crippen molar-refractivity contribution in [1.29, 1.82) is 0 Å². The second kappa shape index (κ2) is 21.7. The number of fused-ring (bicyclic) bond motifs is 3. The average molecular weight is 996 g/mol. The normalized spacial score (nSPS) is 16.9. The number of carbonyl (C=O) groups is 4. The molecule has 3 aliphatic heterocycles. The van der Waals surface area contributed by atoms with Gasteiger partial charge in [-0.25, -0.2) is 31.1 Å². The number of hydrogen-bond donors (Lipinski definition) is 5. The highest BCUT2D eigenvalue weighted by Gasteiger charge is 2.42. The molecule has 0 saturated carbocycles. The Labute approximate surface area is 394 Å². The smallest absolute Gasteiger partial charge is 0.336 e. The molecule has 2 aromatic carbocycles. The summed E-state index contributed by atoms with van der Waals surface area (Å²) in [6, 6.07) is 12.7. The lowest BCUT2D eigenvalue weighted by atomic mass is 9.90. The zero-order valence-electron chi connectivity index (χ0n) is 36.5. The number of aromatic nitrogens is 3. The van der Waals surface area contributed by atoms with Gasteiger partial charge >= 0.3 is 12.0 Å². The Hall–Kier alpha value is -6.34. The topological polar surface area (TPSA) is 296 Å². The number of nitrogens with one attached hydrogen (secondary N) is 3. The van der Waals surface area contributed by atoms with E-state index in [-0.39, 0.29) is 126 Å². The van der Waals surface area contributed by atoms with Gasteiger partial charge in [-0.05, 0) is 54.8 Å². The third-order valence-electron chi connectivity index (χ3n) is 11.2. The van der Waals surface area contributed by atoms with Crippen LogP contribution >= 0.6 is 11.8 Å². The number of rotatable bonds is 24. The molecule has 3 unspecified atom stereocenters. The SMILES string of the molecule is C=CS(=O)(=O)COCCOCCS(=O)(=O)CCN(Cc1cn(CC(=O)Nc2ccc(-c3c4ccc(=O)cc-4oc4cc(O)ccc34)c(C(=O)O)c2)nn1)C(=O)CCCCC1SCC2NC(=O)NC21. The van der Waals surface area contributed by atoms with Crippen molar-refractivity contribution in [3.63, 3.8) is 0 Å². The number of amides is 4. The number of thioether (sulfide) groups is 1. The maximum Gasteiger partial charge on any atom is 0.336 e. The summed E-state index contributed by atoms with van der Waals surface area (Å²) in [5, 5.41) is 38.6. The van der Waals surface area contributed by atoms with Gasteiger partial charge in [-0.1, -0.05) is 24.3 Å². The molecule has 24 heteroatoms. The van der Waals surface area contributed by atoms with Crippen LogP contribution < -0.4 is 21.4 Å². The Kier molecular flexibility index (Phi) is 15.8. The number of benzene rings is 3. The minimum atomic E-state index is -3.73. The third kappa shape index (κ3) is 12.8. The number of carboxylic acid groups (broad SMARTS) is 1. The number of aromatic hydroxyl groups is 1. The second-order valence-electron chi connectivity index (χ2n) is 16.1. The fourth-order valence-corrected chi connectivity index (χ4v) is 11.0. The summed E-state index contributed by atoms with van der Waals surface area (Å²) in [6.45, 7) is 2.24. The highest BCUT2D eigenvalue weighted by atomic mass is 32.2. The van der Waals surface area contributed by atoms with Crippen LogP contribution in [0.4, 0.5) is 10.5 Å². The number of carboxylic acids is 1. The largest absolute Gasteiger partial charge is 0.508 e. The van der Waals surface area contributed by atoms with Crippen LogP contribution in [-0.2, 0) is 51.8 Å². The summed E-state index contributed by atoms with van der Waals surface area (Å²) in [5.41, 5.74) is 1.28. The van der Waals surface area contributed by atoms with Gasteiger partial charge < -0.3 is 45.0 Å². The van der Waals surface area contributed by atoms with Crippen LogP contribution in [-0.4, -0.2) is 138 Å². The van der Waals surface area contributed by atoms with Crippen LogP contribution in [0.3, 0.4) is 0 Å². The van der Waals surface area contributed by atoms with E-state index in [1.807, 2.05) is 0 Å². The standard InChI is InChI=1S/C44H49N7O14S3/c1-2-67(59,60)26-64-15-14-63-16-18-68(61,62)17-13-50(40(55)6-4-3-5-38-42-35(25-66-38)46-44(58)47-42)22-28-23-51(49-48-28)24-39(54)45-27-7-10-31(34(19-27)43(56)57)41-32-11-8-29(52)20-36(32)65-37-21-30(53)9-12-33(37)41/h2,7-12,19-21,23,35,38,42,52H,1,3-6,13-18,22,24-26H2,(H,45,54)(H,56,57)(H2,46,47,58). The molecule has 4 amide bonds. The van der Waals surface area contributed by atoms with Crippen LogP contribution in [0.15, 0.2) is 82.0 Å². The van der Waals surface area contributed by atoms with Gasteiger partial charge in [-0.15, -0.1) is 5.10 Å². The molecule has 2 saturated heterocycles. The van der Waals surface area contributed by atoms with E-state index in [1.54, 1.807) is 17.8 Å². The van der Waals surface area contributed by atoms with E-state index in [0.29, 0.717) is 29.4 Å². The fraction of sp³-hybridized carbons (Fsp3) is 0.386. The Bertz CT molecular complexity index is 2960. The molecule has 68 heavy (non-hydrogen) atoms. The maximum absolute atomic E-state index is 13.7. The number of nitrogens with zero attached hydrogens (tertiary/aromatic N) is 4. The Balaban J connectivity index is 0.982. The fourth-order valence-electron chi connectivity index (χ4n) is 7.89. The first-order chi connectivity index (χ1) is 32.5. The molecule has 4 aliphatic rings. The van der Waals surface area contributed by atoms with Crippen molar-refractivity contribution in [2.24, 2.45) is 0 Å². The Morgan fingerprint density at radius 1 is 0.985 bits per heavy atom. The monoisotopic (exact) mass is 995 g/mol. The van der Waals surface area contributed by atoms with Crippen molar-refractivity contribution in [3.8, 4) is 28.2 Å². The predicted octanol–water partition coefficient (Wildman–Crippen LogP) is 3.22. The zero-order valence-corrected chi connectivity index (χ0v) is 38.9.